The van der Waals surface area contributed by atoms with Crippen LogP contribution in [0.3, 0.4) is 0 Å². The number of pyridine rings is 1. The quantitative estimate of drug-likeness (QED) is 0.801. The van der Waals surface area contributed by atoms with Gasteiger partial charge in [-0.1, -0.05) is 0 Å². The Labute approximate surface area is 159 Å². The molecule has 0 bridgehead atoms. The number of piperidine rings is 1. The van der Waals surface area contributed by atoms with Crippen molar-refractivity contribution < 1.29 is 4.79 Å². The van der Waals surface area contributed by atoms with Crippen molar-refractivity contribution in [2.45, 2.75) is 38.5 Å². The SMILES string of the molecule is N#Cc1cc2c(nc1N1CCC(C(=O)N3CCSCC3)CC1)CCCC2. The van der Waals surface area contributed by atoms with Gasteiger partial charge in [0.25, 0.3) is 0 Å². The summed E-state index contributed by atoms with van der Waals surface area (Å²) >= 11 is 1.93. The van der Waals surface area contributed by atoms with Gasteiger partial charge in [-0.25, -0.2) is 4.98 Å². The lowest BCUT2D eigenvalue weighted by Gasteiger charge is -2.36. The molecule has 0 aromatic carbocycles. The molecule has 1 aliphatic carbocycles. The zero-order chi connectivity index (χ0) is 17.9. The van der Waals surface area contributed by atoms with Crippen molar-refractivity contribution in [3.8, 4) is 6.07 Å². The summed E-state index contributed by atoms with van der Waals surface area (Å²) in [6, 6.07) is 4.40. The Bertz CT molecular complexity index is 715. The lowest BCUT2D eigenvalue weighted by atomic mass is 9.93. The van der Waals surface area contributed by atoms with Crippen LogP contribution >= 0.6 is 11.8 Å². The maximum Gasteiger partial charge on any atom is 0.225 e. The molecule has 26 heavy (non-hydrogen) atoms. The number of nitrogens with zero attached hydrogens (tertiary/aromatic N) is 4. The van der Waals surface area contributed by atoms with E-state index in [0.29, 0.717) is 11.5 Å². The third kappa shape index (κ3) is 3.55. The molecule has 0 radical (unpaired) electrons. The van der Waals surface area contributed by atoms with E-state index in [1.807, 2.05) is 11.8 Å². The van der Waals surface area contributed by atoms with Crippen molar-refractivity contribution in [2.75, 3.05) is 42.6 Å². The number of anilines is 1. The second kappa shape index (κ2) is 7.87. The topological polar surface area (TPSA) is 60.2 Å². The highest BCUT2D eigenvalue weighted by Gasteiger charge is 2.30. The number of amides is 1. The van der Waals surface area contributed by atoms with E-state index in [9.17, 15) is 10.1 Å². The number of thioether (sulfide) groups is 1. The molecular formula is C20H26N4OS. The summed E-state index contributed by atoms with van der Waals surface area (Å²) in [5.74, 6) is 3.44. The summed E-state index contributed by atoms with van der Waals surface area (Å²) in [5, 5.41) is 9.58. The van der Waals surface area contributed by atoms with Crippen molar-refractivity contribution in [2.24, 2.45) is 5.92 Å². The molecule has 0 atom stereocenters. The summed E-state index contributed by atoms with van der Waals surface area (Å²) in [6.45, 7) is 3.43. The van der Waals surface area contributed by atoms with Gasteiger partial charge in [-0.15, -0.1) is 0 Å². The number of fused-ring (bicyclic) bond motifs is 1. The number of aryl methyl sites for hydroxylation is 2. The number of rotatable bonds is 2. The van der Waals surface area contributed by atoms with E-state index in [1.165, 1.54) is 24.1 Å². The first-order valence-electron chi connectivity index (χ1n) is 9.80. The van der Waals surface area contributed by atoms with Gasteiger partial charge in [-0.05, 0) is 50.2 Å². The molecular weight excluding hydrogens is 344 g/mol. The minimum Gasteiger partial charge on any atom is -0.355 e. The van der Waals surface area contributed by atoms with Gasteiger partial charge in [0.1, 0.15) is 11.9 Å². The zero-order valence-corrected chi connectivity index (χ0v) is 16.1. The Hall–Kier alpha value is -1.74. The van der Waals surface area contributed by atoms with Crippen LogP contribution in [0, 0.1) is 17.2 Å². The second-order valence-corrected chi connectivity index (χ2v) is 8.71. The maximum absolute atomic E-state index is 12.7. The molecule has 4 rings (SSSR count). The van der Waals surface area contributed by atoms with E-state index in [0.717, 1.165) is 69.2 Å². The standard InChI is InChI=1S/C20H26N4OS/c21-14-17-13-16-3-1-2-4-18(16)22-19(17)23-7-5-15(6-8-23)20(25)24-9-11-26-12-10-24/h13,15H,1-12H2. The highest BCUT2D eigenvalue weighted by Crippen LogP contribution is 2.30. The number of carbonyl (C=O) groups is 1. The van der Waals surface area contributed by atoms with Gasteiger partial charge < -0.3 is 9.80 Å². The number of hydrogen-bond donors (Lipinski definition) is 0. The van der Waals surface area contributed by atoms with Crippen molar-refractivity contribution >= 4 is 23.5 Å². The third-order valence-electron chi connectivity index (χ3n) is 5.87. The van der Waals surface area contributed by atoms with Crippen molar-refractivity contribution in [3.05, 3.63) is 22.9 Å². The average Bonchev–Trinajstić information content (AvgIpc) is 2.73. The van der Waals surface area contributed by atoms with Crippen LogP contribution in [0.1, 0.15) is 42.5 Å². The highest BCUT2D eigenvalue weighted by molar-refractivity contribution is 7.99. The molecule has 2 fully saturated rings. The predicted octanol–water partition coefficient (Wildman–Crippen LogP) is 2.62. The fourth-order valence-electron chi connectivity index (χ4n) is 4.33. The first-order valence-corrected chi connectivity index (χ1v) is 11.0. The van der Waals surface area contributed by atoms with Crippen LogP contribution in [0.5, 0.6) is 0 Å². The Balaban J connectivity index is 1.44. The maximum atomic E-state index is 12.7. The molecule has 0 spiro atoms. The normalized spacial score (nSPS) is 21.2. The largest absolute Gasteiger partial charge is 0.355 e. The summed E-state index contributed by atoms with van der Waals surface area (Å²) in [4.78, 5) is 21.9. The molecule has 2 aliphatic heterocycles. The van der Waals surface area contributed by atoms with Crippen LogP contribution in [0.15, 0.2) is 6.07 Å². The minimum absolute atomic E-state index is 0.137. The average molecular weight is 371 g/mol. The Kier molecular flexibility index (Phi) is 5.35. The van der Waals surface area contributed by atoms with Crippen LogP contribution in [-0.2, 0) is 17.6 Å². The molecule has 2 saturated heterocycles. The van der Waals surface area contributed by atoms with E-state index >= 15 is 0 Å². The van der Waals surface area contributed by atoms with Gasteiger partial charge in [0.05, 0.1) is 5.56 Å². The molecule has 1 aromatic heterocycles. The predicted molar refractivity (Wildman–Crippen MR) is 104 cm³/mol. The van der Waals surface area contributed by atoms with Gasteiger partial charge in [0, 0.05) is 49.3 Å². The molecule has 0 N–H and O–H groups in total. The van der Waals surface area contributed by atoms with Gasteiger partial charge in [-0.2, -0.15) is 17.0 Å². The molecule has 3 heterocycles. The lowest BCUT2D eigenvalue weighted by Crippen LogP contribution is -2.45. The van der Waals surface area contributed by atoms with Crippen LogP contribution in [-0.4, -0.2) is 53.5 Å². The smallest absolute Gasteiger partial charge is 0.225 e. The number of aromatic nitrogens is 1. The first kappa shape index (κ1) is 17.7. The lowest BCUT2D eigenvalue weighted by molar-refractivity contribution is -0.135. The molecule has 5 nitrogen and oxygen atoms in total. The molecule has 3 aliphatic rings. The molecule has 0 unspecified atom stereocenters. The van der Waals surface area contributed by atoms with Crippen LogP contribution < -0.4 is 4.90 Å². The minimum atomic E-state index is 0.137. The van der Waals surface area contributed by atoms with E-state index in [-0.39, 0.29) is 5.92 Å². The Morgan fingerprint density at radius 2 is 1.88 bits per heavy atom. The number of nitriles is 1. The second-order valence-electron chi connectivity index (χ2n) is 7.48. The summed E-state index contributed by atoms with van der Waals surface area (Å²) in [5.41, 5.74) is 3.13. The summed E-state index contributed by atoms with van der Waals surface area (Å²) < 4.78 is 0. The first-order chi connectivity index (χ1) is 12.8. The van der Waals surface area contributed by atoms with Crippen molar-refractivity contribution in [1.29, 1.82) is 5.26 Å². The number of hydrogen-bond acceptors (Lipinski definition) is 5. The summed E-state index contributed by atoms with van der Waals surface area (Å²) in [6.07, 6.45) is 6.19. The third-order valence-corrected chi connectivity index (χ3v) is 6.81. The fourth-order valence-corrected chi connectivity index (χ4v) is 5.23. The Morgan fingerprint density at radius 3 is 2.62 bits per heavy atom. The van der Waals surface area contributed by atoms with Crippen LogP contribution in [0.2, 0.25) is 0 Å². The van der Waals surface area contributed by atoms with Crippen molar-refractivity contribution in [3.63, 3.8) is 0 Å². The van der Waals surface area contributed by atoms with Crippen LogP contribution in [0.4, 0.5) is 5.82 Å². The van der Waals surface area contributed by atoms with Gasteiger partial charge in [0.15, 0.2) is 0 Å². The highest BCUT2D eigenvalue weighted by atomic mass is 32.2. The summed E-state index contributed by atoms with van der Waals surface area (Å²) in [7, 11) is 0. The van der Waals surface area contributed by atoms with Gasteiger partial charge >= 0.3 is 0 Å². The molecule has 0 saturated carbocycles. The Morgan fingerprint density at radius 1 is 1.15 bits per heavy atom. The molecule has 1 amide bonds. The molecule has 1 aromatic rings. The zero-order valence-electron chi connectivity index (χ0n) is 15.2. The van der Waals surface area contributed by atoms with Gasteiger partial charge in [-0.3, -0.25) is 4.79 Å². The number of carbonyl (C=O) groups excluding carboxylic acids is 1. The van der Waals surface area contributed by atoms with Crippen LogP contribution in [0.25, 0.3) is 0 Å². The fraction of sp³-hybridized carbons (Fsp3) is 0.650. The van der Waals surface area contributed by atoms with E-state index in [4.69, 9.17) is 4.98 Å². The molecule has 138 valence electrons. The van der Waals surface area contributed by atoms with E-state index in [2.05, 4.69) is 21.9 Å². The van der Waals surface area contributed by atoms with E-state index in [1.54, 1.807) is 0 Å². The van der Waals surface area contributed by atoms with Gasteiger partial charge in [0.2, 0.25) is 5.91 Å². The molecule has 6 heteroatoms. The van der Waals surface area contributed by atoms with E-state index < -0.39 is 0 Å². The monoisotopic (exact) mass is 370 g/mol. The van der Waals surface area contributed by atoms with Crippen molar-refractivity contribution in [1.82, 2.24) is 9.88 Å².